The normalized spacial score (nSPS) is 26.1. The largest absolute Gasteiger partial charge is 0.481 e. The molecule has 0 aromatic carbocycles. The molecule has 1 fully saturated rings. The van der Waals surface area contributed by atoms with Crippen LogP contribution in [-0.4, -0.2) is 40.6 Å². The van der Waals surface area contributed by atoms with E-state index in [4.69, 9.17) is 19.7 Å². The van der Waals surface area contributed by atoms with E-state index in [1.165, 1.54) is 0 Å². The molecule has 86 valence electrons. The Morgan fingerprint density at radius 1 is 1.47 bits per heavy atom. The van der Waals surface area contributed by atoms with Gasteiger partial charge in [-0.1, -0.05) is 0 Å². The lowest BCUT2D eigenvalue weighted by molar-refractivity contribution is -0.163. The molecule has 0 spiro atoms. The lowest BCUT2D eigenvalue weighted by Crippen LogP contribution is -2.33. The third-order valence-corrected chi connectivity index (χ3v) is 2.19. The maximum Gasteiger partial charge on any atom is 0.309 e. The Kier molecular flexibility index (Phi) is 3.31. The van der Waals surface area contributed by atoms with Gasteiger partial charge in [-0.15, -0.1) is 0 Å². The summed E-state index contributed by atoms with van der Waals surface area (Å²) in [5, 5.41) is 17.4. The number of carbonyl (C=O) groups is 2. The van der Waals surface area contributed by atoms with E-state index in [0.29, 0.717) is 0 Å². The molecule has 0 saturated carbocycles. The van der Waals surface area contributed by atoms with Crippen LogP contribution < -0.4 is 0 Å². The molecular formula is C9H14O6. The summed E-state index contributed by atoms with van der Waals surface area (Å²) < 4.78 is 10.5. The summed E-state index contributed by atoms with van der Waals surface area (Å²) in [6.07, 6.45) is -1.16. The van der Waals surface area contributed by atoms with Crippen molar-refractivity contribution in [3.63, 3.8) is 0 Å². The van der Waals surface area contributed by atoms with Crippen molar-refractivity contribution in [2.45, 2.75) is 32.2 Å². The number of hydrogen-bond donors (Lipinski definition) is 2. The lowest BCUT2D eigenvalue weighted by atomic mass is 9.99. The summed E-state index contributed by atoms with van der Waals surface area (Å²) in [5.74, 6) is -4.24. The van der Waals surface area contributed by atoms with Crippen LogP contribution in [0.25, 0.3) is 0 Å². The van der Waals surface area contributed by atoms with Crippen molar-refractivity contribution in [3.05, 3.63) is 0 Å². The second-order valence-electron chi connectivity index (χ2n) is 3.91. The number of aliphatic carboxylic acids is 2. The van der Waals surface area contributed by atoms with Crippen molar-refractivity contribution in [3.8, 4) is 0 Å². The fourth-order valence-electron chi connectivity index (χ4n) is 1.48. The van der Waals surface area contributed by atoms with E-state index in [0.717, 1.165) is 0 Å². The molecule has 1 heterocycles. The van der Waals surface area contributed by atoms with Crippen LogP contribution in [0.5, 0.6) is 0 Å². The molecule has 1 aliphatic rings. The minimum absolute atomic E-state index is 0.108. The molecule has 0 aromatic heterocycles. The third kappa shape index (κ3) is 3.17. The standard InChI is InChI=1S/C9H14O6/c1-9(2)14-4-6(15-9)5(8(12)13)3-7(10)11/h5-6H,3-4H2,1-2H3,(H,10,11)(H,12,13). The molecule has 1 saturated heterocycles. The van der Waals surface area contributed by atoms with E-state index in [1.807, 2.05) is 0 Å². The van der Waals surface area contributed by atoms with Gasteiger partial charge < -0.3 is 19.7 Å². The topological polar surface area (TPSA) is 93.1 Å². The second kappa shape index (κ2) is 4.16. The predicted octanol–water partition coefficient (Wildman–Crippen LogP) is 0.313. The van der Waals surface area contributed by atoms with E-state index < -0.39 is 36.2 Å². The molecule has 0 radical (unpaired) electrons. The molecule has 0 bridgehead atoms. The first kappa shape index (κ1) is 11.9. The predicted molar refractivity (Wildman–Crippen MR) is 48.3 cm³/mol. The van der Waals surface area contributed by atoms with Crippen molar-refractivity contribution in [1.82, 2.24) is 0 Å². The zero-order valence-corrected chi connectivity index (χ0v) is 8.60. The van der Waals surface area contributed by atoms with Crippen molar-refractivity contribution in [2.24, 2.45) is 5.92 Å². The van der Waals surface area contributed by atoms with Crippen LogP contribution in [0, 0.1) is 5.92 Å². The average molecular weight is 218 g/mol. The number of ether oxygens (including phenoxy) is 2. The van der Waals surface area contributed by atoms with Crippen LogP contribution in [0.2, 0.25) is 0 Å². The minimum atomic E-state index is -1.18. The van der Waals surface area contributed by atoms with Crippen LogP contribution in [-0.2, 0) is 19.1 Å². The first-order valence-corrected chi connectivity index (χ1v) is 4.58. The Labute approximate surface area is 86.8 Å². The summed E-state index contributed by atoms with van der Waals surface area (Å²) in [6, 6.07) is 0. The van der Waals surface area contributed by atoms with Crippen LogP contribution in [0.15, 0.2) is 0 Å². The van der Waals surface area contributed by atoms with E-state index in [9.17, 15) is 9.59 Å². The monoisotopic (exact) mass is 218 g/mol. The van der Waals surface area contributed by atoms with Crippen molar-refractivity contribution in [2.75, 3.05) is 6.61 Å². The molecule has 2 atom stereocenters. The summed E-state index contributed by atoms with van der Waals surface area (Å²) in [6.45, 7) is 3.43. The molecule has 15 heavy (non-hydrogen) atoms. The Morgan fingerprint density at radius 3 is 2.40 bits per heavy atom. The van der Waals surface area contributed by atoms with Gasteiger partial charge in [0.05, 0.1) is 25.0 Å². The number of carboxylic acid groups (broad SMARTS) is 2. The maximum atomic E-state index is 10.8. The highest BCUT2D eigenvalue weighted by molar-refractivity contribution is 5.78. The SMILES string of the molecule is CC1(C)OCC(C(CC(=O)O)C(=O)O)O1. The van der Waals surface area contributed by atoms with Gasteiger partial charge in [0.1, 0.15) is 0 Å². The Balaban J connectivity index is 2.66. The molecular weight excluding hydrogens is 204 g/mol. The van der Waals surface area contributed by atoms with E-state index in [-0.39, 0.29) is 6.61 Å². The number of rotatable bonds is 4. The number of hydrogen-bond acceptors (Lipinski definition) is 4. The van der Waals surface area contributed by atoms with Gasteiger partial charge in [0.15, 0.2) is 5.79 Å². The van der Waals surface area contributed by atoms with Gasteiger partial charge >= 0.3 is 11.9 Å². The van der Waals surface area contributed by atoms with Crippen LogP contribution in [0.1, 0.15) is 20.3 Å². The van der Waals surface area contributed by atoms with Gasteiger partial charge in [0, 0.05) is 0 Å². The fraction of sp³-hybridized carbons (Fsp3) is 0.778. The summed E-state index contributed by atoms with van der Waals surface area (Å²) >= 11 is 0. The highest BCUT2D eigenvalue weighted by atomic mass is 16.7. The quantitative estimate of drug-likeness (QED) is 0.705. The first-order valence-electron chi connectivity index (χ1n) is 4.58. The smallest absolute Gasteiger partial charge is 0.309 e. The zero-order chi connectivity index (χ0) is 11.6. The van der Waals surface area contributed by atoms with Crippen molar-refractivity contribution < 1.29 is 29.3 Å². The molecule has 0 aliphatic carbocycles. The second-order valence-corrected chi connectivity index (χ2v) is 3.91. The highest BCUT2D eigenvalue weighted by Gasteiger charge is 2.41. The zero-order valence-electron chi connectivity index (χ0n) is 8.60. The molecule has 1 aliphatic heterocycles. The van der Waals surface area contributed by atoms with Gasteiger partial charge in [-0.3, -0.25) is 9.59 Å². The van der Waals surface area contributed by atoms with Crippen LogP contribution >= 0.6 is 0 Å². The Morgan fingerprint density at radius 2 is 2.07 bits per heavy atom. The Bertz CT molecular complexity index is 272. The third-order valence-electron chi connectivity index (χ3n) is 2.19. The molecule has 2 N–H and O–H groups in total. The van der Waals surface area contributed by atoms with Gasteiger partial charge in [0.2, 0.25) is 0 Å². The van der Waals surface area contributed by atoms with Gasteiger partial charge in [-0.2, -0.15) is 0 Å². The molecule has 2 unspecified atom stereocenters. The molecule has 0 amide bonds. The van der Waals surface area contributed by atoms with E-state index >= 15 is 0 Å². The van der Waals surface area contributed by atoms with Gasteiger partial charge in [-0.25, -0.2) is 0 Å². The highest BCUT2D eigenvalue weighted by Crippen LogP contribution is 2.28. The molecule has 6 nitrogen and oxygen atoms in total. The molecule has 1 rings (SSSR count). The molecule has 0 aromatic rings. The Hall–Kier alpha value is -1.14. The van der Waals surface area contributed by atoms with Gasteiger partial charge in [-0.05, 0) is 13.8 Å². The summed E-state index contributed by atoms with van der Waals surface area (Å²) in [7, 11) is 0. The molecule has 6 heteroatoms. The van der Waals surface area contributed by atoms with E-state index in [1.54, 1.807) is 13.8 Å². The van der Waals surface area contributed by atoms with Crippen LogP contribution in [0.3, 0.4) is 0 Å². The maximum absolute atomic E-state index is 10.8. The van der Waals surface area contributed by atoms with E-state index in [2.05, 4.69) is 0 Å². The summed E-state index contributed by atoms with van der Waals surface area (Å²) in [4.78, 5) is 21.3. The average Bonchev–Trinajstić information content (AvgIpc) is 2.41. The minimum Gasteiger partial charge on any atom is -0.481 e. The summed E-state index contributed by atoms with van der Waals surface area (Å²) in [5.41, 5.74) is 0. The first-order chi connectivity index (χ1) is 6.82. The number of carboxylic acids is 2. The van der Waals surface area contributed by atoms with Crippen molar-refractivity contribution >= 4 is 11.9 Å². The fourth-order valence-corrected chi connectivity index (χ4v) is 1.48. The van der Waals surface area contributed by atoms with Crippen molar-refractivity contribution in [1.29, 1.82) is 0 Å². The van der Waals surface area contributed by atoms with Gasteiger partial charge in [0.25, 0.3) is 0 Å². The van der Waals surface area contributed by atoms with Crippen LogP contribution in [0.4, 0.5) is 0 Å². The lowest BCUT2D eigenvalue weighted by Gasteiger charge is -2.20.